The quantitative estimate of drug-likeness (QED) is 0.765. The summed E-state index contributed by atoms with van der Waals surface area (Å²) in [5.74, 6) is 0.249. The highest BCUT2D eigenvalue weighted by molar-refractivity contribution is 6.08. The molecule has 0 spiro atoms. The van der Waals surface area contributed by atoms with Crippen LogP contribution in [0.1, 0.15) is 15.9 Å². The average Bonchev–Trinajstić information content (AvgIpc) is 2.48. The van der Waals surface area contributed by atoms with Crippen LogP contribution in [0.15, 0.2) is 48.5 Å². The molecule has 0 saturated carbocycles. The van der Waals surface area contributed by atoms with Crippen molar-refractivity contribution in [3.63, 3.8) is 0 Å². The van der Waals surface area contributed by atoms with E-state index in [1.807, 2.05) is 19.0 Å². The summed E-state index contributed by atoms with van der Waals surface area (Å²) in [6.07, 6.45) is 0. The minimum Gasteiger partial charge on any atom is -0.492 e. The first kappa shape index (κ1) is 15.2. The number of halogens is 1. The van der Waals surface area contributed by atoms with Crippen molar-refractivity contribution in [2.75, 3.05) is 27.2 Å². The van der Waals surface area contributed by atoms with E-state index in [0.717, 1.165) is 12.3 Å². The van der Waals surface area contributed by atoms with E-state index in [2.05, 4.69) is 0 Å². The summed E-state index contributed by atoms with van der Waals surface area (Å²) >= 11 is 0. The second kappa shape index (κ2) is 6.99. The van der Waals surface area contributed by atoms with Crippen LogP contribution in [0.25, 0.3) is 0 Å². The summed E-state index contributed by atoms with van der Waals surface area (Å²) in [6.45, 7) is 1.43. The molecule has 0 saturated heterocycles. The molecule has 0 fully saturated rings. The Morgan fingerprint density at radius 2 is 1.52 bits per heavy atom. The Balaban J connectivity index is 2.01. The molecule has 0 bridgehead atoms. The highest BCUT2D eigenvalue weighted by atomic mass is 19.1. The third kappa shape index (κ3) is 4.39. The lowest BCUT2D eigenvalue weighted by atomic mass is 10.0. The molecule has 3 nitrogen and oxygen atoms in total. The van der Waals surface area contributed by atoms with Crippen LogP contribution >= 0.6 is 0 Å². The second-order valence-electron chi connectivity index (χ2n) is 5.01. The Bertz CT molecular complexity index is 591. The highest BCUT2D eigenvalue weighted by Crippen LogP contribution is 2.16. The van der Waals surface area contributed by atoms with E-state index in [4.69, 9.17) is 4.74 Å². The first-order valence-corrected chi connectivity index (χ1v) is 6.74. The number of ketones is 1. The molecular weight excluding hydrogens is 269 g/mol. The fourth-order valence-corrected chi connectivity index (χ4v) is 1.82. The lowest BCUT2D eigenvalue weighted by Crippen LogP contribution is -2.19. The van der Waals surface area contributed by atoms with E-state index < -0.39 is 0 Å². The van der Waals surface area contributed by atoms with Crippen molar-refractivity contribution in [1.82, 2.24) is 4.90 Å². The Morgan fingerprint density at radius 3 is 2.05 bits per heavy atom. The number of carbonyl (C=O) groups is 1. The van der Waals surface area contributed by atoms with Gasteiger partial charge in [-0.25, -0.2) is 4.39 Å². The smallest absolute Gasteiger partial charge is 0.193 e. The van der Waals surface area contributed by atoms with Crippen LogP contribution in [-0.2, 0) is 0 Å². The minimum absolute atomic E-state index is 0.130. The number of ether oxygens (including phenoxy) is 1. The standard InChI is InChI=1S/C17H18FNO2/c1-19(2)11-12-21-16-9-5-14(6-10-16)17(20)13-3-7-15(18)8-4-13/h3-10H,11-12H2,1-2H3. The van der Waals surface area contributed by atoms with Crippen LogP contribution in [0.3, 0.4) is 0 Å². The van der Waals surface area contributed by atoms with Gasteiger partial charge in [0.2, 0.25) is 0 Å². The summed E-state index contributed by atoms with van der Waals surface area (Å²) in [5, 5.41) is 0. The van der Waals surface area contributed by atoms with Crippen molar-refractivity contribution >= 4 is 5.78 Å². The molecule has 110 valence electrons. The maximum Gasteiger partial charge on any atom is 0.193 e. The number of nitrogens with zero attached hydrogens (tertiary/aromatic N) is 1. The molecule has 0 atom stereocenters. The van der Waals surface area contributed by atoms with Gasteiger partial charge in [0.15, 0.2) is 5.78 Å². The zero-order chi connectivity index (χ0) is 15.2. The summed E-state index contributed by atoms with van der Waals surface area (Å²) in [6, 6.07) is 12.5. The average molecular weight is 287 g/mol. The maximum absolute atomic E-state index is 12.8. The molecule has 0 aliphatic carbocycles. The first-order chi connectivity index (χ1) is 10.1. The van der Waals surface area contributed by atoms with Crippen LogP contribution in [-0.4, -0.2) is 37.9 Å². The molecule has 2 aromatic rings. The van der Waals surface area contributed by atoms with Gasteiger partial charge in [-0.2, -0.15) is 0 Å². The number of rotatable bonds is 6. The van der Waals surface area contributed by atoms with Crippen molar-refractivity contribution in [1.29, 1.82) is 0 Å². The lowest BCUT2D eigenvalue weighted by Gasteiger charge is -2.11. The Morgan fingerprint density at radius 1 is 1.00 bits per heavy atom. The topological polar surface area (TPSA) is 29.5 Å². The van der Waals surface area contributed by atoms with E-state index in [9.17, 15) is 9.18 Å². The van der Waals surface area contributed by atoms with Gasteiger partial charge in [0.25, 0.3) is 0 Å². The van der Waals surface area contributed by atoms with Crippen LogP contribution in [0, 0.1) is 5.82 Å². The predicted molar refractivity (Wildman–Crippen MR) is 80.3 cm³/mol. The van der Waals surface area contributed by atoms with Gasteiger partial charge in [-0.15, -0.1) is 0 Å². The lowest BCUT2D eigenvalue weighted by molar-refractivity contribution is 0.103. The monoisotopic (exact) mass is 287 g/mol. The van der Waals surface area contributed by atoms with Crippen molar-refractivity contribution in [2.45, 2.75) is 0 Å². The molecule has 0 heterocycles. The van der Waals surface area contributed by atoms with Gasteiger partial charge in [0.1, 0.15) is 18.2 Å². The van der Waals surface area contributed by atoms with Gasteiger partial charge in [-0.1, -0.05) is 0 Å². The fraction of sp³-hybridized carbons (Fsp3) is 0.235. The molecule has 0 radical (unpaired) electrons. The number of hydrogen-bond donors (Lipinski definition) is 0. The van der Waals surface area contributed by atoms with Crippen LogP contribution in [0.2, 0.25) is 0 Å². The number of hydrogen-bond acceptors (Lipinski definition) is 3. The Labute approximate surface area is 124 Å². The molecule has 0 aliphatic heterocycles. The summed E-state index contributed by atoms with van der Waals surface area (Å²) in [4.78, 5) is 14.2. The largest absolute Gasteiger partial charge is 0.492 e. The molecule has 0 amide bonds. The van der Waals surface area contributed by atoms with Crippen LogP contribution in [0.5, 0.6) is 5.75 Å². The number of likely N-dealkylation sites (N-methyl/N-ethyl adjacent to an activating group) is 1. The number of benzene rings is 2. The molecule has 21 heavy (non-hydrogen) atoms. The molecule has 2 aromatic carbocycles. The van der Waals surface area contributed by atoms with Crippen LogP contribution in [0.4, 0.5) is 4.39 Å². The zero-order valence-corrected chi connectivity index (χ0v) is 12.2. The molecule has 0 aliphatic rings. The van der Waals surface area contributed by atoms with E-state index in [-0.39, 0.29) is 11.6 Å². The van der Waals surface area contributed by atoms with Gasteiger partial charge < -0.3 is 9.64 Å². The molecule has 0 aromatic heterocycles. The van der Waals surface area contributed by atoms with Gasteiger partial charge in [0.05, 0.1) is 0 Å². The Kier molecular flexibility index (Phi) is 5.06. The molecular formula is C17H18FNO2. The molecule has 2 rings (SSSR count). The van der Waals surface area contributed by atoms with Gasteiger partial charge in [-0.05, 0) is 62.6 Å². The van der Waals surface area contributed by atoms with Gasteiger partial charge in [-0.3, -0.25) is 4.79 Å². The SMILES string of the molecule is CN(C)CCOc1ccc(C(=O)c2ccc(F)cc2)cc1. The van der Waals surface area contributed by atoms with Crippen LogP contribution < -0.4 is 4.74 Å². The minimum atomic E-state index is -0.351. The molecule has 0 unspecified atom stereocenters. The Hall–Kier alpha value is -2.20. The molecule has 0 N–H and O–H groups in total. The van der Waals surface area contributed by atoms with Crippen molar-refractivity contribution < 1.29 is 13.9 Å². The van der Waals surface area contributed by atoms with Crippen molar-refractivity contribution in [3.8, 4) is 5.75 Å². The van der Waals surface area contributed by atoms with Gasteiger partial charge in [0, 0.05) is 17.7 Å². The maximum atomic E-state index is 12.8. The van der Waals surface area contributed by atoms with Gasteiger partial charge >= 0.3 is 0 Å². The van der Waals surface area contributed by atoms with E-state index in [1.165, 1.54) is 24.3 Å². The number of carbonyl (C=O) groups excluding carboxylic acids is 1. The third-order valence-corrected chi connectivity index (χ3v) is 3.03. The summed E-state index contributed by atoms with van der Waals surface area (Å²) < 4.78 is 18.4. The first-order valence-electron chi connectivity index (χ1n) is 6.74. The van der Waals surface area contributed by atoms with E-state index in [0.29, 0.717) is 17.7 Å². The van der Waals surface area contributed by atoms with E-state index >= 15 is 0 Å². The summed E-state index contributed by atoms with van der Waals surface area (Å²) in [7, 11) is 3.96. The van der Waals surface area contributed by atoms with E-state index in [1.54, 1.807) is 24.3 Å². The fourth-order valence-electron chi connectivity index (χ4n) is 1.82. The normalized spacial score (nSPS) is 10.7. The van der Waals surface area contributed by atoms with Crippen molar-refractivity contribution in [2.24, 2.45) is 0 Å². The zero-order valence-electron chi connectivity index (χ0n) is 12.2. The molecule has 4 heteroatoms. The second-order valence-corrected chi connectivity index (χ2v) is 5.01. The van der Waals surface area contributed by atoms with Crippen molar-refractivity contribution in [3.05, 3.63) is 65.5 Å². The third-order valence-electron chi connectivity index (χ3n) is 3.03. The predicted octanol–water partition coefficient (Wildman–Crippen LogP) is 3.00. The summed E-state index contributed by atoms with van der Waals surface area (Å²) in [5.41, 5.74) is 1.03. The highest BCUT2D eigenvalue weighted by Gasteiger charge is 2.09.